The number of thioether (sulfide) groups is 1. The summed E-state index contributed by atoms with van der Waals surface area (Å²) in [5, 5.41) is 7.06. The lowest BCUT2D eigenvalue weighted by Crippen LogP contribution is -2.35. The Bertz CT molecular complexity index is 1060. The van der Waals surface area contributed by atoms with Crippen LogP contribution in [0.5, 0.6) is 0 Å². The Kier molecular flexibility index (Phi) is 6.64. The van der Waals surface area contributed by atoms with Crippen LogP contribution in [0.3, 0.4) is 0 Å². The lowest BCUT2D eigenvalue weighted by molar-refractivity contribution is 0.392. The second kappa shape index (κ2) is 9.17. The van der Waals surface area contributed by atoms with Crippen molar-refractivity contribution < 1.29 is 4.52 Å². The molecule has 0 aliphatic rings. The first-order valence-electron chi connectivity index (χ1n) is 9.59. The summed E-state index contributed by atoms with van der Waals surface area (Å²) in [5.74, 6) is 2.58. The molecule has 0 aliphatic heterocycles. The van der Waals surface area contributed by atoms with E-state index in [0.717, 1.165) is 34.9 Å². The number of H-pyrrole nitrogens is 1. The molecule has 2 N–H and O–H groups in total. The summed E-state index contributed by atoms with van der Waals surface area (Å²) in [6.07, 6.45) is 0.922. The van der Waals surface area contributed by atoms with Gasteiger partial charge in [0.2, 0.25) is 0 Å². The molecular formula is C21H26N4O3S. The summed E-state index contributed by atoms with van der Waals surface area (Å²) < 4.78 is 6.37. The maximum absolute atomic E-state index is 12.4. The Morgan fingerprint density at radius 2 is 2.00 bits per heavy atom. The average Bonchev–Trinajstić information content (AvgIpc) is 3.00. The molecule has 2 aromatic heterocycles. The van der Waals surface area contributed by atoms with Gasteiger partial charge in [0.1, 0.15) is 11.6 Å². The topological polar surface area (TPSA) is 92.9 Å². The van der Waals surface area contributed by atoms with Crippen molar-refractivity contribution in [2.45, 2.75) is 46.4 Å². The number of nitrogens with zero attached hydrogens (tertiary/aromatic N) is 2. The zero-order chi connectivity index (χ0) is 21.0. The highest BCUT2D eigenvalue weighted by atomic mass is 32.2. The highest BCUT2D eigenvalue weighted by Gasteiger charge is 2.10. The number of aromatic amines is 1. The Balaban J connectivity index is 1.65. The van der Waals surface area contributed by atoms with E-state index in [1.165, 1.54) is 21.8 Å². The third-order valence-electron chi connectivity index (χ3n) is 4.92. The van der Waals surface area contributed by atoms with Gasteiger partial charge in [0, 0.05) is 35.4 Å². The molecule has 0 aliphatic carbocycles. The van der Waals surface area contributed by atoms with Crippen LogP contribution in [-0.4, -0.2) is 20.5 Å². The van der Waals surface area contributed by atoms with Gasteiger partial charge in [0.05, 0.1) is 5.69 Å². The van der Waals surface area contributed by atoms with Crippen LogP contribution in [-0.2, 0) is 18.7 Å². The van der Waals surface area contributed by atoms with E-state index in [0.29, 0.717) is 18.1 Å². The smallest absolute Gasteiger partial charge is 0.329 e. The minimum Gasteiger partial charge on any atom is -0.361 e. The molecule has 2 heterocycles. The van der Waals surface area contributed by atoms with Gasteiger partial charge in [0.15, 0.2) is 0 Å². The van der Waals surface area contributed by atoms with Crippen LogP contribution in [0.4, 0.5) is 11.5 Å². The van der Waals surface area contributed by atoms with Crippen molar-refractivity contribution in [2.24, 2.45) is 0 Å². The van der Waals surface area contributed by atoms with Gasteiger partial charge >= 0.3 is 5.69 Å². The molecular weight excluding hydrogens is 388 g/mol. The zero-order valence-corrected chi connectivity index (χ0v) is 18.0. The number of anilines is 2. The fourth-order valence-electron chi connectivity index (χ4n) is 3.12. The van der Waals surface area contributed by atoms with Gasteiger partial charge in [-0.25, -0.2) is 4.79 Å². The first-order chi connectivity index (χ1) is 13.9. The van der Waals surface area contributed by atoms with E-state index in [-0.39, 0.29) is 5.56 Å². The fourth-order valence-corrected chi connectivity index (χ4v) is 4.20. The van der Waals surface area contributed by atoms with Crippen LogP contribution in [0.1, 0.15) is 35.1 Å². The highest BCUT2D eigenvalue weighted by molar-refractivity contribution is 7.98. The lowest BCUT2D eigenvalue weighted by atomic mass is 10.1. The van der Waals surface area contributed by atoms with Crippen molar-refractivity contribution in [1.82, 2.24) is 14.7 Å². The summed E-state index contributed by atoms with van der Waals surface area (Å²) in [7, 11) is 0. The first-order valence-corrected chi connectivity index (χ1v) is 10.7. The quantitative estimate of drug-likeness (QED) is 0.546. The Labute approximate surface area is 173 Å². The second-order valence-electron chi connectivity index (χ2n) is 6.95. The molecule has 0 fully saturated rings. The maximum Gasteiger partial charge on any atom is 0.329 e. The van der Waals surface area contributed by atoms with Gasteiger partial charge in [0.25, 0.3) is 5.56 Å². The standard InChI is InChI=1S/C21H26N4O3S/c1-5-16-10-17(7-6-13(16)2)22-19-11-20(26)25(21(27)23-19)8-9-29-12-18-14(3)24-28-15(18)4/h6-7,10-11,22H,5,8-9,12H2,1-4H3,(H,23,27). The van der Waals surface area contributed by atoms with Gasteiger partial charge in [-0.05, 0) is 50.5 Å². The summed E-state index contributed by atoms with van der Waals surface area (Å²) in [5.41, 5.74) is 4.49. The SMILES string of the molecule is CCc1cc(Nc2cc(=O)n(CCSCc3c(C)noc3C)c(=O)[nH]2)ccc1C. The van der Waals surface area contributed by atoms with Gasteiger partial charge in [-0.3, -0.25) is 14.3 Å². The summed E-state index contributed by atoms with van der Waals surface area (Å²) in [4.78, 5) is 27.6. The lowest BCUT2D eigenvalue weighted by Gasteiger charge is -2.11. The van der Waals surface area contributed by atoms with Crippen LogP contribution < -0.4 is 16.6 Å². The highest BCUT2D eigenvalue weighted by Crippen LogP contribution is 2.20. The Hall–Kier alpha value is -2.74. The molecule has 0 saturated heterocycles. The van der Waals surface area contributed by atoms with Gasteiger partial charge < -0.3 is 9.84 Å². The summed E-state index contributed by atoms with van der Waals surface area (Å²) in [6, 6.07) is 7.41. The van der Waals surface area contributed by atoms with Crippen LogP contribution in [0.25, 0.3) is 0 Å². The molecule has 7 nitrogen and oxygen atoms in total. The molecule has 0 atom stereocenters. The Morgan fingerprint density at radius 1 is 1.21 bits per heavy atom. The predicted molar refractivity (Wildman–Crippen MR) is 117 cm³/mol. The molecule has 0 spiro atoms. The fraction of sp³-hybridized carbons (Fsp3) is 0.381. The number of rotatable bonds is 8. The predicted octanol–water partition coefficient (Wildman–Crippen LogP) is 3.69. The zero-order valence-electron chi connectivity index (χ0n) is 17.2. The van der Waals surface area contributed by atoms with Crippen molar-refractivity contribution in [1.29, 1.82) is 0 Å². The van der Waals surface area contributed by atoms with E-state index in [1.54, 1.807) is 11.8 Å². The van der Waals surface area contributed by atoms with E-state index < -0.39 is 5.69 Å². The minimum atomic E-state index is -0.416. The number of aromatic nitrogens is 3. The van der Waals surface area contributed by atoms with Crippen molar-refractivity contribution in [3.8, 4) is 0 Å². The van der Waals surface area contributed by atoms with Crippen LogP contribution in [0.15, 0.2) is 38.4 Å². The molecule has 0 radical (unpaired) electrons. The Morgan fingerprint density at radius 3 is 2.66 bits per heavy atom. The number of aryl methyl sites for hydroxylation is 4. The molecule has 3 rings (SSSR count). The van der Waals surface area contributed by atoms with E-state index >= 15 is 0 Å². The third kappa shape index (κ3) is 5.00. The first kappa shape index (κ1) is 21.0. The second-order valence-corrected chi connectivity index (χ2v) is 8.06. The van der Waals surface area contributed by atoms with Crippen LogP contribution in [0, 0.1) is 20.8 Å². The molecule has 1 aromatic carbocycles. The summed E-state index contributed by atoms with van der Waals surface area (Å²) >= 11 is 1.64. The molecule has 154 valence electrons. The van der Waals surface area contributed by atoms with Crippen molar-refractivity contribution in [3.05, 3.63) is 73.2 Å². The normalized spacial score (nSPS) is 11.0. The van der Waals surface area contributed by atoms with Crippen molar-refractivity contribution >= 4 is 23.3 Å². The molecule has 0 saturated carbocycles. The van der Waals surface area contributed by atoms with Crippen molar-refractivity contribution in [2.75, 3.05) is 11.1 Å². The van der Waals surface area contributed by atoms with E-state index in [1.807, 2.05) is 32.0 Å². The van der Waals surface area contributed by atoms with E-state index in [9.17, 15) is 9.59 Å². The molecule has 0 amide bonds. The number of benzene rings is 1. The van der Waals surface area contributed by atoms with Crippen LogP contribution in [0.2, 0.25) is 0 Å². The number of hydrogen-bond donors (Lipinski definition) is 2. The van der Waals surface area contributed by atoms with Gasteiger partial charge in [-0.1, -0.05) is 18.1 Å². The van der Waals surface area contributed by atoms with E-state index in [4.69, 9.17) is 4.52 Å². The van der Waals surface area contributed by atoms with Gasteiger partial charge in [-0.15, -0.1) is 0 Å². The van der Waals surface area contributed by atoms with E-state index in [2.05, 4.69) is 29.3 Å². The molecule has 29 heavy (non-hydrogen) atoms. The minimum absolute atomic E-state index is 0.322. The largest absolute Gasteiger partial charge is 0.361 e. The number of nitrogens with one attached hydrogen (secondary N) is 2. The molecule has 0 bridgehead atoms. The molecule has 8 heteroatoms. The summed E-state index contributed by atoms with van der Waals surface area (Å²) in [6.45, 7) is 8.29. The van der Waals surface area contributed by atoms with Crippen LogP contribution >= 0.6 is 11.8 Å². The van der Waals surface area contributed by atoms with Crippen molar-refractivity contribution in [3.63, 3.8) is 0 Å². The number of hydrogen-bond acceptors (Lipinski definition) is 6. The molecule has 0 unspecified atom stereocenters. The average molecular weight is 415 g/mol. The van der Waals surface area contributed by atoms with Gasteiger partial charge in [-0.2, -0.15) is 11.8 Å². The molecule has 3 aromatic rings. The monoisotopic (exact) mass is 414 g/mol. The maximum atomic E-state index is 12.4. The third-order valence-corrected chi connectivity index (χ3v) is 5.88.